The van der Waals surface area contributed by atoms with Crippen LogP contribution in [0.25, 0.3) is 22.0 Å². The van der Waals surface area contributed by atoms with Gasteiger partial charge in [-0.15, -0.1) is 24.0 Å². The fraction of sp³-hybridized carbons (Fsp3) is 0.286. The van der Waals surface area contributed by atoms with Crippen molar-refractivity contribution in [3.8, 4) is 22.8 Å². The molecule has 0 amide bonds. The van der Waals surface area contributed by atoms with E-state index >= 15 is 0 Å². The van der Waals surface area contributed by atoms with E-state index in [2.05, 4.69) is 26.0 Å². The molecule has 0 saturated carbocycles. The van der Waals surface area contributed by atoms with Crippen molar-refractivity contribution in [3.63, 3.8) is 0 Å². The van der Waals surface area contributed by atoms with E-state index in [0.717, 1.165) is 51.2 Å². The smallest absolute Gasteiger partial charge is 0.166 e. The molecule has 0 N–H and O–H groups in total. The molecule has 1 aliphatic rings. The van der Waals surface area contributed by atoms with E-state index in [9.17, 15) is 0 Å². The molecule has 26 heavy (non-hydrogen) atoms. The van der Waals surface area contributed by atoms with Gasteiger partial charge in [0.15, 0.2) is 11.5 Å². The Labute approximate surface area is 164 Å². The molecule has 3 aromatic rings. The van der Waals surface area contributed by atoms with E-state index in [1.807, 2.05) is 30.3 Å². The van der Waals surface area contributed by atoms with Crippen molar-refractivity contribution in [1.29, 1.82) is 0 Å². The second-order valence-corrected chi connectivity index (χ2v) is 7.25. The molecular weight excluding hydrogens is 369 g/mol. The summed E-state index contributed by atoms with van der Waals surface area (Å²) in [6, 6.07) is 14.3. The Kier molecular flexibility index (Phi) is 5.05. The lowest BCUT2D eigenvalue weighted by Gasteiger charge is -2.17. The first kappa shape index (κ1) is 18.8. The second kappa shape index (κ2) is 6.98. The Morgan fingerprint density at radius 2 is 1.92 bits per heavy atom. The minimum Gasteiger partial charge on any atom is -0.493 e. The van der Waals surface area contributed by atoms with Gasteiger partial charge in [0.2, 0.25) is 0 Å². The molecule has 0 fully saturated rings. The number of benzene rings is 2. The van der Waals surface area contributed by atoms with Gasteiger partial charge in [0, 0.05) is 22.9 Å². The highest BCUT2D eigenvalue weighted by atomic mass is 35.5. The molecule has 2 heterocycles. The molecule has 1 aromatic heterocycles. The molecule has 3 nitrogen and oxygen atoms in total. The number of alkyl halides is 1. The highest BCUT2D eigenvalue weighted by Crippen LogP contribution is 2.48. The average Bonchev–Trinajstić information content (AvgIpc) is 2.95. The maximum absolute atomic E-state index is 6.19. The largest absolute Gasteiger partial charge is 0.493 e. The Morgan fingerprint density at radius 1 is 1.19 bits per heavy atom. The molecule has 0 radical (unpaired) electrons. The summed E-state index contributed by atoms with van der Waals surface area (Å²) in [5, 5.41) is 2.21. The highest BCUT2D eigenvalue weighted by Gasteiger charge is 2.35. The van der Waals surface area contributed by atoms with Gasteiger partial charge in [0.25, 0.3) is 0 Å². The van der Waals surface area contributed by atoms with Gasteiger partial charge < -0.3 is 9.47 Å². The Hall–Kier alpha value is -1.97. The van der Waals surface area contributed by atoms with Gasteiger partial charge in [-0.1, -0.05) is 30.3 Å². The molecule has 0 spiro atoms. The number of fused-ring (bicyclic) bond motifs is 3. The van der Waals surface area contributed by atoms with Crippen LogP contribution in [0.15, 0.2) is 42.5 Å². The van der Waals surface area contributed by atoms with Gasteiger partial charge in [-0.2, -0.15) is 0 Å². The minimum atomic E-state index is -0.261. The van der Waals surface area contributed by atoms with E-state index < -0.39 is 0 Å². The van der Waals surface area contributed by atoms with Crippen molar-refractivity contribution in [2.24, 2.45) is 0 Å². The molecular formula is C21H21Cl2NO2. The van der Waals surface area contributed by atoms with Crippen molar-refractivity contribution >= 4 is 34.8 Å². The first-order valence-corrected chi connectivity index (χ1v) is 8.90. The quantitative estimate of drug-likeness (QED) is 0.531. The number of nitrogens with zero attached hydrogens (tertiary/aromatic N) is 1. The van der Waals surface area contributed by atoms with Crippen LogP contribution in [0.5, 0.6) is 11.5 Å². The number of pyridine rings is 1. The molecule has 5 heteroatoms. The minimum absolute atomic E-state index is 0. The number of methoxy groups -OCH3 is 1. The van der Waals surface area contributed by atoms with Crippen molar-refractivity contribution in [2.45, 2.75) is 31.7 Å². The van der Waals surface area contributed by atoms with Gasteiger partial charge in [-0.3, -0.25) is 4.98 Å². The number of aromatic nitrogens is 1. The summed E-state index contributed by atoms with van der Waals surface area (Å²) >= 11 is 6.10. The standard InChI is InChI=1S/C21H20ClNO2.ClH/c1-21(2)11-16-18-14(10-17(24-3)20(16)25-21)9-15(12-22)23-19(18)13-7-5-4-6-8-13;/h4-10H,11-12H2,1-3H3;1H. The predicted molar refractivity (Wildman–Crippen MR) is 109 cm³/mol. The number of ether oxygens (including phenoxy) is 2. The van der Waals surface area contributed by atoms with Gasteiger partial charge in [-0.05, 0) is 31.4 Å². The fourth-order valence-corrected chi connectivity index (χ4v) is 3.70. The van der Waals surface area contributed by atoms with Gasteiger partial charge in [0.1, 0.15) is 5.60 Å². The molecule has 0 unspecified atom stereocenters. The Morgan fingerprint density at radius 3 is 2.58 bits per heavy atom. The first-order chi connectivity index (χ1) is 12.0. The average molecular weight is 390 g/mol. The van der Waals surface area contributed by atoms with Gasteiger partial charge in [0.05, 0.1) is 24.4 Å². The van der Waals surface area contributed by atoms with Crippen LogP contribution in [0.3, 0.4) is 0 Å². The van der Waals surface area contributed by atoms with Crippen molar-refractivity contribution < 1.29 is 9.47 Å². The van der Waals surface area contributed by atoms with E-state index in [-0.39, 0.29) is 18.0 Å². The van der Waals surface area contributed by atoms with Crippen LogP contribution in [0.4, 0.5) is 0 Å². The lowest BCUT2D eigenvalue weighted by molar-refractivity contribution is 0.134. The molecule has 0 atom stereocenters. The molecule has 0 bridgehead atoms. The molecule has 4 rings (SSSR count). The molecule has 2 aromatic carbocycles. The van der Waals surface area contributed by atoms with E-state index in [0.29, 0.717) is 5.88 Å². The molecule has 0 aliphatic carbocycles. The summed E-state index contributed by atoms with van der Waals surface area (Å²) < 4.78 is 11.8. The first-order valence-electron chi connectivity index (χ1n) is 8.36. The zero-order valence-electron chi connectivity index (χ0n) is 15.0. The third-order valence-electron chi connectivity index (χ3n) is 4.57. The van der Waals surface area contributed by atoms with E-state index in [4.69, 9.17) is 26.1 Å². The number of hydrogen-bond donors (Lipinski definition) is 0. The maximum Gasteiger partial charge on any atom is 0.166 e. The van der Waals surface area contributed by atoms with Crippen LogP contribution < -0.4 is 9.47 Å². The summed E-state index contributed by atoms with van der Waals surface area (Å²) in [6.45, 7) is 4.20. The maximum atomic E-state index is 6.19. The van der Waals surface area contributed by atoms with Crippen LogP contribution in [-0.2, 0) is 12.3 Å². The Balaban J connectivity index is 0.00000196. The molecule has 0 saturated heterocycles. The number of rotatable bonds is 3. The van der Waals surface area contributed by atoms with Crippen molar-refractivity contribution in [2.75, 3.05) is 7.11 Å². The molecule has 1 aliphatic heterocycles. The summed E-state index contributed by atoms with van der Waals surface area (Å²) in [4.78, 5) is 4.84. The zero-order valence-corrected chi connectivity index (χ0v) is 16.6. The molecule has 136 valence electrons. The van der Waals surface area contributed by atoms with Crippen LogP contribution in [0, 0.1) is 0 Å². The van der Waals surface area contributed by atoms with Crippen LogP contribution in [0.2, 0.25) is 0 Å². The second-order valence-electron chi connectivity index (χ2n) is 6.99. The lowest BCUT2D eigenvalue weighted by atomic mass is 9.93. The van der Waals surface area contributed by atoms with Crippen LogP contribution in [0.1, 0.15) is 25.1 Å². The van der Waals surface area contributed by atoms with Gasteiger partial charge in [-0.25, -0.2) is 0 Å². The Bertz CT molecular complexity index is 955. The van der Waals surface area contributed by atoms with E-state index in [1.165, 1.54) is 0 Å². The SMILES string of the molecule is COc1cc2cc(CCl)nc(-c3ccccc3)c2c2c1OC(C)(C)C2.Cl. The topological polar surface area (TPSA) is 31.4 Å². The van der Waals surface area contributed by atoms with Crippen molar-refractivity contribution in [1.82, 2.24) is 4.98 Å². The third-order valence-corrected chi connectivity index (χ3v) is 4.85. The highest BCUT2D eigenvalue weighted by molar-refractivity contribution is 6.17. The van der Waals surface area contributed by atoms with Crippen LogP contribution >= 0.6 is 24.0 Å². The third kappa shape index (κ3) is 3.10. The monoisotopic (exact) mass is 389 g/mol. The number of halogens is 2. The summed E-state index contributed by atoms with van der Waals surface area (Å²) in [6.07, 6.45) is 0.817. The van der Waals surface area contributed by atoms with Gasteiger partial charge >= 0.3 is 0 Å². The summed E-state index contributed by atoms with van der Waals surface area (Å²) in [5.74, 6) is 1.97. The predicted octanol–water partition coefficient (Wildman–Crippen LogP) is 5.78. The van der Waals surface area contributed by atoms with Crippen molar-refractivity contribution in [3.05, 3.63) is 53.7 Å². The lowest BCUT2D eigenvalue weighted by Crippen LogP contribution is -2.24. The zero-order chi connectivity index (χ0) is 17.6. The summed E-state index contributed by atoms with van der Waals surface area (Å²) in [5.41, 5.74) is 3.79. The normalized spacial score (nSPS) is 14.5. The van der Waals surface area contributed by atoms with E-state index in [1.54, 1.807) is 7.11 Å². The fourth-order valence-electron chi connectivity index (χ4n) is 3.56. The summed E-state index contributed by atoms with van der Waals surface area (Å²) in [7, 11) is 1.68. The number of hydrogen-bond acceptors (Lipinski definition) is 3. The van der Waals surface area contributed by atoms with Crippen LogP contribution in [-0.4, -0.2) is 17.7 Å².